The highest BCUT2D eigenvalue weighted by Gasteiger charge is 2.16. The summed E-state index contributed by atoms with van der Waals surface area (Å²) in [6.45, 7) is -0.119. The fraction of sp³-hybridized carbons (Fsp3) is 1.00. The van der Waals surface area contributed by atoms with Crippen LogP contribution in [0.15, 0.2) is 0 Å². The topological polar surface area (TPSA) is 61.5 Å². The third-order valence-electron chi connectivity index (χ3n) is 0.334. The number of nitrogens with two attached hydrogens (primary N) is 1. The molecule has 0 heterocycles. The molecule has 0 aromatic carbocycles. The summed E-state index contributed by atoms with van der Waals surface area (Å²) < 4.78 is 18.7. The summed E-state index contributed by atoms with van der Waals surface area (Å²) in [4.78, 5) is 0. The minimum absolute atomic E-state index is 0.119. The van der Waals surface area contributed by atoms with Gasteiger partial charge in [0, 0.05) is 4.57 Å². The van der Waals surface area contributed by atoms with Crippen molar-refractivity contribution in [2.45, 2.75) is 0 Å². The van der Waals surface area contributed by atoms with Crippen LogP contribution in [0.4, 0.5) is 0 Å². The van der Waals surface area contributed by atoms with Crippen molar-refractivity contribution in [1.82, 2.24) is 0 Å². The molecule has 2 N–H and O–H groups in total. The molecule has 0 spiro atoms. The van der Waals surface area contributed by atoms with Crippen LogP contribution in [0.3, 0.4) is 0 Å². The lowest BCUT2D eigenvalue weighted by Gasteiger charge is -1.78. The summed E-state index contributed by atoms with van der Waals surface area (Å²) in [6, 6.07) is -0.144. The molecule has 0 aliphatic carbocycles. The Labute approximate surface area is 52.9 Å². The summed E-state index contributed by atoms with van der Waals surface area (Å²) in [7, 11) is -2.09. The molecule has 0 rings (SSSR count). The summed E-state index contributed by atoms with van der Waals surface area (Å²) >= 11 is 5.01. The number of hydrogen-bond acceptors (Lipinski definition) is 4. The minimum atomic E-state index is -2.09. The Balaban J connectivity index is 3.06. The van der Waals surface area contributed by atoms with Crippen LogP contribution in [0.2, 0.25) is 0 Å². The van der Waals surface area contributed by atoms with E-state index in [1.807, 2.05) is 0 Å². The van der Waals surface area contributed by atoms with Crippen molar-refractivity contribution in [2.24, 2.45) is 5.73 Å². The van der Waals surface area contributed by atoms with Crippen LogP contribution < -0.4 is 5.73 Å². The Morgan fingerprint density at radius 3 is 2.62 bits per heavy atom. The van der Waals surface area contributed by atoms with E-state index in [1.54, 1.807) is 0 Å². The van der Waals surface area contributed by atoms with Crippen molar-refractivity contribution >= 4 is 19.9 Å². The van der Waals surface area contributed by atoms with Crippen LogP contribution in [0.25, 0.3) is 0 Å². The van der Waals surface area contributed by atoms with Gasteiger partial charge in [0.15, 0.2) is 12.8 Å². The molecule has 0 radical (unpaired) electrons. The maximum atomic E-state index is 10.2. The molecule has 1 unspecified atom stereocenters. The fourth-order valence-electron chi connectivity index (χ4n) is 0.138. The van der Waals surface area contributed by atoms with E-state index in [0.29, 0.717) is 0 Å². The van der Waals surface area contributed by atoms with Gasteiger partial charge in [-0.2, -0.15) is 0 Å². The first-order valence-electron chi connectivity index (χ1n) is 1.80. The van der Waals surface area contributed by atoms with Gasteiger partial charge in [0.05, 0.1) is 0 Å². The third kappa shape index (κ3) is 4.43. The van der Waals surface area contributed by atoms with E-state index in [-0.39, 0.29) is 12.8 Å². The average molecular weight is 159 g/mol. The van der Waals surface area contributed by atoms with Crippen LogP contribution in [0, 0.1) is 0 Å². The molecular weight excluding hydrogens is 152 g/mol. The molecule has 0 aromatic heterocycles. The van der Waals surface area contributed by atoms with Crippen molar-refractivity contribution in [3.05, 3.63) is 0 Å². The van der Waals surface area contributed by atoms with Crippen molar-refractivity contribution in [3.8, 4) is 0 Å². The molecule has 0 saturated carbocycles. The summed E-state index contributed by atoms with van der Waals surface area (Å²) in [5, 5.41) is 0. The molecule has 6 heteroatoms. The fourth-order valence-corrected chi connectivity index (χ4v) is 0.653. The Bertz CT molecular complexity index is 71.7. The van der Waals surface area contributed by atoms with Gasteiger partial charge in [0.1, 0.15) is 0 Å². The van der Waals surface area contributed by atoms with Gasteiger partial charge in [-0.05, 0) is 0 Å². The van der Waals surface area contributed by atoms with Crippen LogP contribution in [0.5, 0.6) is 0 Å². The van der Waals surface area contributed by atoms with Crippen molar-refractivity contribution in [1.29, 1.82) is 0 Å². The molecule has 8 heavy (non-hydrogen) atoms. The molecule has 0 aromatic rings. The van der Waals surface area contributed by atoms with E-state index >= 15 is 0 Å². The second-order valence-electron chi connectivity index (χ2n) is 0.758. The Morgan fingerprint density at radius 2 is 2.25 bits per heavy atom. The molecule has 1 atom stereocenters. The Hall–Kier alpha value is 0.270. The summed E-state index contributed by atoms with van der Waals surface area (Å²) in [5.74, 6) is 0. The van der Waals surface area contributed by atoms with E-state index in [2.05, 4.69) is 9.05 Å². The predicted molar refractivity (Wildman–Crippen MR) is 29.6 cm³/mol. The van der Waals surface area contributed by atoms with Crippen LogP contribution in [-0.2, 0) is 13.6 Å². The van der Waals surface area contributed by atoms with E-state index in [0.717, 1.165) is 0 Å². The zero-order chi connectivity index (χ0) is 6.41. The molecule has 0 fully saturated rings. The molecule has 0 aliphatic rings. The van der Waals surface area contributed by atoms with Gasteiger partial charge in [-0.25, -0.2) is 0 Å². The maximum Gasteiger partial charge on any atom is 0.699 e. The van der Waals surface area contributed by atoms with Crippen molar-refractivity contribution in [2.75, 3.05) is 12.8 Å². The van der Waals surface area contributed by atoms with E-state index < -0.39 is 8.25 Å². The predicted octanol–water partition coefficient (Wildman–Crippen LogP) is 0.789. The van der Waals surface area contributed by atoms with Gasteiger partial charge in [-0.1, -0.05) is 11.6 Å². The first-order chi connectivity index (χ1) is 3.81. The van der Waals surface area contributed by atoms with Crippen molar-refractivity contribution < 1.29 is 13.6 Å². The van der Waals surface area contributed by atoms with E-state index in [4.69, 9.17) is 17.3 Å². The largest absolute Gasteiger partial charge is 0.699 e. The number of alkyl halides is 1. The first-order valence-corrected chi connectivity index (χ1v) is 3.43. The molecular formula is C2H6ClNO3P+. The average Bonchev–Trinajstić information content (AvgIpc) is 1.68. The quantitative estimate of drug-likeness (QED) is 0.373. The van der Waals surface area contributed by atoms with Crippen LogP contribution >= 0.6 is 19.9 Å². The summed E-state index contributed by atoms with van der Waals surface area (Å²) in [6.07, 6.45) is 0. The second kappa shape index (κ2) is 5.41. The minimum Gasteiger partial charge on any atom is -0.304 e. The Kier molecular flexibility index (Phi) is 5.59. The third-order valence-corrected chi connectivity index (χ3v) is 1.30. The highest BCUT2D eigenvalue weighted by molar-refractivity contribution is 7.33. The monoisotopic (exact) mass is 158 g/mol. The van der Waals surface area contributed by atoms with E-state index in [1.165, 1.54) is 0 Å². The van der Waals surface area contributed by atoms with Gasteiger partial charge in [0.2, 0.25) is 0 Å². The first kappa shape index (κ1) is 8.27. The van der Waals surface area contributed by atoms with Gasteiger partial charge < -0.3 is 5.73 Å². The lowest BCUT2D eigenvalue weighted by Crippen LogP contribution is -1.98. The lowest BCUT2D eigenvalue weighted by atomic mass is 11.4. The highest BCUT2D eigenvalue weighted by Crippen LogP contribution is 2.22. The number of hydrogen-bond donors (Lipinski definition) is 1. The smallest absolute Gasteiger partial charge is 0.304 e. The normalized spacial score (nSPS) is 11.5. The molecule has 0 amide bonds. The lowest BCUT2D eigenvalue weighted by molar-refractivity contribution is 0.255. The Morgan fingerprint density at radius 1 is 1.62 bits per heavy atom. The van der Waals surface area contributed by atoms with Crippen LogP contribution in [-0.4, -0.2) is 12.8 Å². The molecule has 0 saturated heterocycles. The van der Waals surface area contributed by atoms with Gasteiger partial charge in [-0.3, -0.25) is 0 Å². The SMILES string of the molecule is NCO[P+](=O)OCCl. The zero-order valence-electron chi connectivity index (χ0n) is 4.04. The van der Waals surface area contributed by atoms with E-state index in [9.17, 15) is 4.57 Å². The van der Waals surface area contributed by atoms with Gasteiger partial charge >= 0.3 is 8.25 Å². The number of halogens is 1. The molecule has 0 bridgehead atoms. The molecule has 0 aliphatic heterocycles. The molecule has 4 nitrogen and oxygen atoms in total. The summed E-state index contributed by atoms with van der Waals surface area (Å²) in [5.41, 5.74) is 4.83. The van der Waals surface area contributed by atoms with Gasteiger partial charge in [0.25, 0.3) is 0 Å². The zero-order valence-corrected chi connectivity index (χ0v) is 5.69. The maximum absolute atomic E-state index is 10.2. The number of rotatable bonds is 4. The highest BCUT2D eigenvalue weighted by atomic mass is 35.5. The standard InChI is InChI=1S/C2H6ClNO3P/c3-1-6-8(5)7-2-4/h1-2,4H2/q+1. The van der Waals surface area contributed by atoms with Crippen molar-refractivity contribution in [3.63, 3.8) is 0 Å². The second-order valence-corrected chi connectivity index (χ2v) is 1.94. The molecule has 48 valence electrons. The van der Waals surface area contributed by atoms with Gasteiger partial charge in [-0.15, -0.1) is 9.05 Å². The van der Waals surface area contributed by atoms with Crippen LogP contribution in [0.1, 0.15) is 0 Å².